The monoisotopic (exact) mass is 344 g/mol. The van der Waals surface area contributed by atoms with Crippen molar-refractivity contribution < 1.29 is 9.72 Å². The molecule has 0 aliphatic carbocycles. The summed E-state index contributed by atoms with van der Waals surface area (Å²) in [6.07, 6.45) is 0. The zero-order valence-corrected chi connectivity index (χ0v) is 14.1. The van der Waals surface area contributed by atoms with Crippen LogP contribution in [0.5, 0.6) is 0 Å². The molecule has 2 aromatic rings. The van der Waals surface area contributed by atoms with Crippen LogP contribution in [0.25, 0.3) is 0 Å². The zero-order chi connectivity index (χ0) is 17.4. The predicted octanol–water partition coefficient (Wildman–Crippen LogP) is 4.32. The van der Waals surface area contributed by atoms with Gasteiger partial charge < -0.3 is 4.90 Å². The second kappa shape index (κ2) is 6.24. The Bertz CT molecular complexity index is 772. The van der Waals surface area contributed by atoms with E-state index in [4.69, 9.17) is 11.6 Å². The van der Waals surface area contributed by atoms with E-state index in [-0.39, 0.29) is 29.6 Å². The smallest absolute Gasteiger partial charge is 0.269 e. The van der Waals surface area contributed by atoms with Crippen molar-refractivity contribution in [3.63, 3.8) is 0 Å². The van der Waals surface area contributed by atoms with Crippen molar-refractivity contribution in [1.29, 1.82) is 0 Å². The van der Waals surface area contributed by atoms with Crippen LogP contribution in [0.15, 0.2) is 48.5 Å². The summed E-state index contributed by atoms with van der Waals surface area (Å²) < 4.78 is 0. The van der Waals surface area contributed by atoms with Gasteiger partial charge in [-0.25, -0.2) is 0 Å². The molecular weight excluding hydrogens is 328 g/mol. The van der Waals surface area contributed by atoms with Gasteiger partial charge in [0.05, 0.1) is 16.9 Å². The second-order valence-electron chi connectivity index (χ2n) is 6.16. The van der Waals surface area contributed by atoms with E-state index in [1.54, 1.807) is 24.3 Å². The first-order chi connectivity index (χ1) is 11.4. The second-order valence-corrected chi connectivity index (χ2v) is 6.60. The Kier molecular flexibility index (Phi) is 4.28. The molecule has 3 rings (SSSR count). The number of nitro benzene ring substituents is 1. The predicted molar refractivity (Wildman–Crippen MR) is 92.0 cm³/mol. The largest absolute Gasteiger partial charge is 0.331 e. The molecule has 0 unspecified atom stereocenters. The highest BCUT2D eigenvalue weighted by Crippen LogP contribution is 2.47. The van der Waals surface area contributed by atoms with E-state index in [2.05, 4.69) is 0 Å². The number of halogens is 1. The van der Waals surface area contributed by atoms with Gasteiger partial charge in [-0.1, -0.05) is 35.9 Å². The maximum atomic E-state index is 12.6. The van der Waals surface area contributed by atoms with Crippen molar-refractivity contribution in [3.05, 3.63) is 74.8 Å². The van der Waals surface area contributed by atoms with E-state index >= 15 is 0 Å². The van der Waals surface area contributed by atoms with Gasteiger partial charge >= 0.3 is 0 Å². The van der Waals surface area contributed by atoms with Gasteiger partial charge in [0.15, 0.2) is 0 Å². The number of hydrogen-bond acceptors (Lipinski definition) is 3. The highest BCUT2D eigenvalue weighted by Gasteiger charge is 2.49. The molecule has 0 saturated carbocycles. The van der Waals surface area contributed by atoms with Gasteiger partial charge in [0.1, 0.15) is 0 Å². The molecule has 0 spiro atoms. The van der Waals surface area contributed by atoms with E-state index in [9.17, 15) is 14.9 Å². The quantitative estimate of drug-likeness (QED) is 0.471. The van der Waals surface area contributed by atoms with Gasteiger partial charge in [-0.05, 0) is 37.1 Å². The molecule has 1 aliphatic rings. The molecule has 0 bridgehead atoms. The summed E-state index contributed by atoms with van der Waals surface area (Å²) in [6, 6.07) is 13.6. The molecule has 0 aromatic heterocycles. The molecule has 1 saturated heterocycles. The molecule has 0 radical (unpaired) electrons. The van der Waals surface area contributed by atoms with Crippen molar-refractivity contribution in [1.82, 2.24) is 4.90 Å². The van der Waals surface area contributed by atoms with E-state index in [1.807, 2.05) is 30.9 Å². The van der Waals surface area contributed by atoms with Crippen LogP contribution in [0.1, 0.15) is 36.9 Å². The minimum atomic E-state index is -0.424. The molecule has 1 heterocycles. The number of β-lactam (4-membered cyclic amide) rings is 1. The van der Waals surface area contributed by atoms with Crippen molar-refractivity contribution in [2.75, 3.05) is 0 Å². The van der Waals surface area contributed by atoms with E-state index in [1.165, 1.54) is 12.1 Å². The molecule has 5 nitrogen and oxygen atoms in total. The number of rotatable bonds is 4. The molecule has 2 aromatic carbocycles. The molecule has 6 heteroatoms. The molecule has 1 amide bonds. The molecule has 124 valence electrons. The lowest BCUT2D eigenvalue weighted by molar-refractivity contribution is -0.384. The molecule has 1 fully saturated rings. The number of benzene rings is 2. The third-order valence-corrected chi connectivity index (χ3v) is 4.62. The average Bonchev–Trinajstić information content (AvgIpc) is 2.54. The van der Waals surface area contributed by atoms with Crippen molar-refractivity contribution in [2.24, 2.45) is 0 Å². The van der Waals surface area contributed by atoms with Gasteiger partial charge in [-0.15, -0.1) is 0 Å². The van der Waals surface area contributed by atoms with Gasteiger partial charge in [0.25, 0.3) is 5.69 Å². The third-order valence-electron chi connectivity index (χ3n) is 4.37. The third kappa shape index (κ3) is 2.76. The molecule has 24 heavy (non-hydrogen) atoms. The summed E-state index contributed by atoms with van der Waals surface area (Å²) in [4.78, 5) is 24.9. The number of carbonyl (C=O) groups excluding carboxylic acids is 1. The summed E-state index contributed by atoms with van der Waals surface area (Å²) in [5.41, 5.74) is 1.85. The summed E-state index contributed by atoms with van der Waals surface area (Å²) in [6.45, 7) is 3.93. The van der Waals surface area contributed by atoms with Crippen LogP contribution in [0, 0.1) is 10.1 Å². The van der Waals surface area contributed by atoms with Crippen LogP contribution in [0.2, 0.25) is 5.02 Å². The van der Waals surface area contributed by atoms with Crippen LogP contribution < -0.4 is 0 Å². The van der Waals surface area contributed by atoms with Crippen molar-refractivity contribution in [2.45, 2.75) is 31.8 Å². The van der Waals surface area contributed by atoms with Crippen LogP contribution in [0.4, 0.5) is 5.69 Å². The first-order valence-corrected chi connectivity index (χ1v) is 8.10. The van der Waals surface area contributed by atoms with E-state index < -0.39 is 4.92 Å². The van der Waals surface area contributed by atoms with Gasteiger partial charge in [0, 0.05) is 23.2 Å². The highest BCUT2D eigenvalue weighted by molar-refractivity contribution is 6.30. The Morgan fingerprint density at radius 2 is 1.58 bits per heavy atom. The number of nitro groups is 1. The number of nitrogens with zero attached hydrogens (tertiary/aromatic N) is 2. The fraction of sp³-hybridized carbons (Fsp3) is 0.278. The van der Waals surface area contributed by atoms with Gasteiger partial charge in [-0.2, -0.15) is 0 Å². The lowest BCUT2D eigenvalue weighted by Crippen LogP contribution is -2.56. The van der Waals surface area contributed by atoms with Crippen LogP contribution in [-0.2, 0) is 4.79 Å². The molecular formula is C18H17ClN2O3. The lowest BCUT2D eigenvalue weighted by Gasteiger charge is -2.50. The normalized spacial score (nSPS) is 20.2. The number of hydrogen-bond donors (Lipinski definition) is 0. The first-order valence-electron chi connectivity index (χ1n) is 7.72. The fourth-order valence-corrected chi connectivity index (χ4v) is 3.35. The SMILES string of the molecule is CC(C)N1C(=O)[C@H](c2ccc(Cl)cc2)[C@H]1c1ccc([N+](=O)[O-])cc1. The zero-order valence-electron chi connectivity index (χ0n) is 13.3. The molecule has 1 aliphatic heterocycles. The maximum Gasteiger partial charge on any atom is 0.269 e. The van der Waals surface area contributed by atoms with E-state index in [0.717, 1.165) is 11.1 Å². The van der Waals surface area contributed by atoms with Gasteiger partial charge in [0.2, 0.25) is 5.91 Å². The minimum absolute atomic E-state index is 0.0449. The van der Waals surface area contributed by atoms with E-state index in [0.29, 0.717) is 5.02 Å². The topological polar surface area (TPSA) is 63.5 Å². The number of likely N-dealkylation sites (tertiary alicyclic amines) is 1. The molecule has 0 N–H and O–H groups in total. The van der Waals surface area contributed by atoms with Crippen LogP contribution in [-0.4, -0.2) is 21.8 Å². The number of amides is 1. The standard InChI is InChI=1S/C18H17ClN2O3/c1-11(2)20-17(13-5-9-15(10-6-13)21(23)24)16(18(20)22)12-3-7-14(19)8-4-12/h3-11,16-17H,1-2H3/t16-,17-/m1/s1. The first kappa shape index (κ1) is 16.5. The van der Waals surface area contributed by atoms with Crippen molar-refractivity contribution >= 4 is 23.2 Å². The summed E-state index contributed by atoms with van der Waals surface area (Å²) >= 11 is 5.93. The Morgan fingerprint density at radius 1 is 1.04 bits per heavy atom. The highest BCUT2D eigenvalue weighted by atomic mass is 35.5. The van der Waals surface area contributed by atoms with Crippen molar-refractivity contribution in [3.8, 4) is 0 Å². The summed E-state index contributed by atoms with van der Waals surface area (Å²) in [7, 11) is 0. The number of non-ortho nitro benzene ring substituents is 1. The Balaban J connectivity index is 1.97. The minimum Gasteiger partial charge on any atom is -0.331 e. The Morgan fingerprint density at radius 3 is 2.08 bits per heavy atom. The fourth-order valence-electron chi connectivity index (χ4n) is 3.23. The lowest BCUT2D eigenvalue weighted by atomic mass is 9.77. The molecule has 2 atom stereocenters. The summed E-state index contributed by atoms with van der Waals surface area (Å²) in [5, 5.41) is 11.5. The van der Waals surface area contributed by atoms with Crippen LogP contribution in [0.3, 0.4) is 0 Å². The summed E-state index contributed by atoms with van der Waals surface area (Å²) in [5.74, 6) is -0.221. The Labute approximate surface area is 145 Å². The Hall–Kier alpha value is -2.40. The average molecular weight is 345 g/mol. The van der Waals surface area contributed by atoms with Crippen LogP contribution >= 0.6 is 11.6 Å². The maximum absolute atomic E-state index is 12.6. The number of carbonyl (C=O) groups is 1. The van der Waals surface area contributed by atoms with Gasteiger partial charge in [-0.3, -0.25) is 14.9 Å².